The Bertz CT molecular complexity index is 736. The monoisotopic (exact) mass is 379 g/mol. The quantitative estimate of drug-likeness (QED) is 0.798. The molecular formula is C24H33N3O. The number of hydrogen-bond donors (Lipinski definition) is 1. The highest BCUT2D eigenvalue weighted by Crippen LogP contribution is 2.23. The molecule has 0 aromatic heterocycles. The molecule has 0 bridgehead atoms. The maximum Gasteiger partial charge on any atom is 0.220 e. The molecule has 1 N–H and O–H groups in total. The first-order chi connectivity index (χ1) is 13.5. The molecule has 1 aliphatic rings. The number of carbonyl (C=O) groups excluding carboxylic acids is 1. The van der Waals surface area contributed by atoms with Gasteiger partial charge in [-0.05, 0) is 31.0 Å². The van der Waals surface area contributed by atoms with E-state index in [1.54, 1.807) is 0 Å². The average Bonchev–Trinajstić information content (AvgIpc) is 2.71. The van der Waals surface area contributed by atoms with Crippen LogP contribution in [0.4, 0.5) is 0 Å². The highest BCUT2D eigenvalue weighted by Gasteiger charge is 2.24. The van der Waals surface area contributed by atoms with Crippen molar-refractivity contribution in [3.05, 3.63) is 71.3 Å². The van der Waals surface area contributed by atoms with Crippen molar-refractivity contribution in [3.8, 4) is 0 Å². The molecule has 0 spiro atoms. The first-order valence-corrected chi connectivity index (χ1v) is 10.3. The summed E-state index contributed by atoms with van der Waals surface area (Å²) in [6.07, 6.45) is 0.521. The molecule has 1 heterocycles. The molecule has 0 saturated carbocycles. The molecule has 2 atom stereocenters. The standard InChI is InChI=1S/C24H33N3O/c1-19-9-11-22(12-10-19)23(27-15-13-26(3)14-16-27)18-25-24(28)17-20(2)21-7-5-4-6-8-21/h4-12,20,23H,13-18H2,1-3H3,(H,25,28). The van der Waals surface area contributed by atoms with Gasteiger partial charge in [-0.1, -0.05) is 67.1 Å². The number of aryl methyl sites for hydroxylation is 1. The molecule has 1 fully saturated rings. The molecule has 2 unspecified atom stereocenters. The molecule has 3 rings (SSSR count). The number of likely N-dealkylation sites (N-methyl/N-ethyl adjacent to an activating group) is 1. The fourth-order valence-corrected chi connectivity index (χ4v) is 3.84. The van der Waals surface area contributed by atoms with E-state index in [1.807, 2.05) is 18.2 Å². The van der Waals surface area contributed by atoms with E-state index in [0.717, 1.165) is 26.2 Å². The highest BCUT2D eigenvalue weighted by molar-refractivity contribution is 5.76. The van der Waals surface area contributed by atoms with Crippen LogP contribution in [-0.4, -0.2) is 55.5 Å². The van der Waals surface area contributed by atoms with Crippen molar-refractivity contribution in [2.45, 2.75) is 32.2 Å². The van der Waals surface area contributed by atoms with Gasteiger partial charge in [-0.2, -0.15) is 0 Å². The van der Waals surface area contributed by atoms with E-state index in [1.165, 1.54) is 16.7 Å². The maximum atomic E-state index is 12.6. The third kappa shape index (κ3) is 5.66. The molecule has 2 aromatic carbocycles. The number of nitrogens with one attached hydrogen (secondary N) is 1. The largest absolute Gasteiger partial charge is 0.354 e. The molecule has 150 valence electrons. The maximum absolute atomic E-state index is 12.6. The Hall–Kier alpha value is -2.17. The summed E-state index contributed by atoms with van der Waals surface area (Å²) in [4.78, 5) is 17.5. The minimum atomic E-state index is 0.127. The zero-order chi connectivity index (χ0) is 19.9. The Morgan fingerprint density at radius 1 is 0.964 bits per heavy atom. The fourth-order valence-electron chi connectivity index (χ4n) is 3.84. The van der Waals surface area contributed by atoms with E-state index in [4.69, 9.17) is 0 Å². The Morgan fingerprint density at radius 3 is 2.25 bits per heavy atom. The van der Waals surface area contributed by atoms with E-state index in [9.17, 15) is 4.79 Å². The van der Waals surface area contributed by atoms with Gasteiger partial charge >= 0.3 is 0 Å². The van der Waals surface area contributed by atoms with Crippen LogP contribution in [0.1, 0.15) is 42.0 Å². The van der Waals surface area contributed by atoms with Crippen LogP contribution in [0.3, 0.4) is 0 Å². The SMILES string of the molecule is Cc1ccc(C(CNC(=O)CC(C)c2ccccc2)N2CCN(C)CC2)cc1. The molecule has 4 heteroatoms. The molecule has 2 aromatic rings. The first-order valence-electron chi connectivity index (χ1n) is 10.3. The average molecular weight is 380 g/mol. The van der Waals surface area contributed by atoms with Crippen LogP contribution < -0.4 is 5.32 Å². The molecule has 1 saturated heterocycles. The van der Waals surface area contributed by atoms with Crippen molar-refractivity contribution in [2.24, 2.45) is 0 Å². The minimum absolute atomic E-state index is 0.127. The van der Waals surface area contributed by atoms with Gasteiger partial charge in [-0.15, -0.1) is 0 Å². The summed E-state index contributed by atoms with van der Waals surface area (Å²) in [5, 5.41) is 3.21. The van der Waals surface area contributed by atoms with Gasteiger partial charge in [-0.3, -0.25) is 9.69 Å². The number of piperazine rings is 1. The highest BCUT2D eigenvalue weighted by atomic mass is 16.1. The van der Waals surface area contributed by atoms with Crippen LogP contribution in [0.5, 0.6) is 0 Å². The van der Waals surface area contributed by atoms with Gasteiger partial charge in [0.1, 0.15) is 0 Å². The van der Waals surface area contributed by atoms with Crippen LogP contribution in [0.15, 0.2) is 54.6 Å². The van der Waals surface area contributed by atoms with Crippen molar-refractivity contribution in [2.75, 3.05) is 39.8 Å². The lowest BCUT2D eigenvalue weighted by Gasteiger charge is -2.38. The molecule has 4 nitrogen and oxygen atoms in total. The number of carbonyl (C=O) groups is 1. The molecule has 28 heavy (non-hydrogen) atoms. The number of benzene rings is 2. The van der Waals surface area contributed by atoms with Gasteiger partial charge in [0.25, 0.3) is 0 Å². The summed E-state index contributed by atoms with van der Waals surface area (Å²) in [5.41, 5.74) is 3.76. The zero-order valence-corrected chi connectivity index (χ0v) is 17.4. The van der Waals surface area contributed by atoms with Crippen molar-refractivity contribution in [1.29, 1.82) is 0 Å². The summed E-state index contributed by atoms with van der Waals surface area (Å²) in [6, 6.07) is 19.2. The second-order valence-electron chi connectivity index (χ2n) is 8.09. The number of hydrogen-bond acceptors (Lipinski definition) is 3. The lowest BCUT2D eigenvalue weighted by Crippen LogP contribution is -2.48. The van der Waals surface area contributed by atoms with Crippen molar-refractivity contribution in [3.63, 3.8) is 0 Å². The zero-order valence-electron chi connectivity index (χ0n) is 17.4. The van der Waals surface area contributed by atoms with E-state index in [2.05, 4.69) is 72.4 Å². The molecule has 0 aliphatic carbocycles. The van der Waals surface area contributed by atoms with Gasteiger partial charge in [0.2, 0.25) is 5.91 Å². The van der Waals surface area contributed by atoms with Gasteiger partial charge in [0, 0.05) is 39.1 Å². The van der Waals surface area contributed by atoms with Crippen LogP contribution in [-0.2, 0) is 4.79 Å². The predicted molar refractivity (Wildman–Crippen MR) is 115 cm³/mol. The third-order valence-corrected chi connectivity index (χ3v) is 5.79. The number of rotatable bonds is 7. The molecule has 1 amide bonds. The Labute approximate surface area is 169 Å². The first kappa shape index (κ1) is 20.6. The summed E-state index contributed by atoms with van der Waals surface area (Å²) >= 11 is 0. The van der Waals surface area contributed by atoms with Gasteiger partial charge in [0.05, 0.1) is 6.04 Å². The Balaban J connectivity index is 1.62. The lowest BCUT2D eigenvalue weighted by atomic mass is 9.97. The second kappa shape index (κ2) is 9.85. The summed E-state index contributed by atoms with van der Waals surface area (Å²) in [7, 11) is 2.17. The van der Waals surface area contributed by atoms with E-state index in [-0.39, 0.29) is 17.9 Å². The second-order valence-corrected chi connectivity index (χ2v) is 8.09. The number of nitrogens with zero attached hydrogens (tertiary/aromatic N) is 2. The predicted octanol–water partition coefficient (Wildman–Crippen LogP) is 3.59. The smallest absolute Gasteiger partial charge is 0.220 e. The van der Waals surface area contributed by atoms with Crippen molar-refractivity contribution < 1.29 is 4.79 Å². The van der Waals surface area contributed by atoms with Gasteiger partial charge in [-0.25, -0.2) is 0 Å². The Kier molecular flexibility index (Phi) is 7.24. The minimum Gasteiger partial charge on any atom is -0.354 e. The molecule has 1 aliphatic heterocycles. The van der Waals surface area contributed by atoms with Crippen molar-refractivity contribution in [1.82, 2.24) is 15.1 Å². The summed E-state index contributed by atoms with van der Waals surface area (Å²) in [6.45, 7) is 9.10. The molecule has 0 radical (unpaired) electrons. The normalized spacial score (nSPS) is 17.8. The topological polar surface area (TPSA) is 35.6 Å². The fraction of sp³-hybridized carbons (Fsp3) is 0.458. The summed E-state index contributed by atoms with van der Waals surface area (Å²) < 4.78 is 0. The van der Waals surface area contributed by atoms with Crippen LogP contribution in [0, 0.1) is 6.92 Å². The Morgan fingerprint density at radius 2 is 1.61 bits per heavy atom. The third-order valence-electron chi connectivity index (χ3n) is 5.79. The van der Waals surface area contributed by atoms with E-state index >= 15 is 0 Å². The van der Waals surface area contributed by atoms with Crippen LogP contribution >= 0.6 is 0 Å². The lowest BCUT2D eigenvalue weighted by molar-refractivity contribution is -0.121. The van der Waals surface area contributed by atoms with E-state index in [0.29, 0.717) is 13.0 Å². The van der Waals surface area contributed by atoms with Crippen LogP contribution in [0.25, 0.3) is 0 Å². The number of amides is 1. The molecular weight excluding hydrogens is 346 g/mol. The van der Waals surface area contributed by atoms with Crippen molar-refractivity contribution >= 4 is 5.91 Å². The van der Waals surface area contributed by atoms with Gasteiger partial charge < -0.3 is 10.2 Å². The summed E-state index contributed by atoms with van der Waals surface area (Å²) in [5.74, 6) is 0.352. The van der Waals surface area contributed by atoms with Crippen LogP contribution in [0.2, 0.25) is 0 Å². The van der Waals surface area contributed by atoms with E-state index < -0.39 is 0 Å². The van der Waals surface area contributed by atoms with Gasteiger partial charge in [0.15, 0.2) is 0 Å².